The van der Waals surface area contributed by atoms with Crippen molar-refractivity contribution in [3.05, 3.63) is 29.0 Å². The smallest absolute Gasteiger partial charge is 0.178 e. The fourth-order valence-corrected chi connectivity index (χ4v) is 4.40. The van der Waals surface area contributed by atoms with Gasteiger partial charge in [-0.25, -0.2) is 0 Å². The molecule has 1 aliphatic carbocycles. The lowest BCUT2D eigenvalue weighted by atomic mass is 9.88. The maximum absolute atomic E-state index is 5.52. The van der Waals surface area contributed by atoms with E-state index in [4.69, 9.17) is 12.2 Å². The number of para-hydroxylation sites is 2. The van der Waals surface area contributed by atoms with Gasteiger partial charge < -0.3 is 9.55 Å². The van der Waals surface area contributed by atoms with Gasteiger partial charge in [0.15, 0.2) is 4.77 Å². The first kappa shape index (κ1) is 13.3. The summed E-state index contributed by atoms with van der Waals surface area (Å²) in [6.45, 7) is 1.04. The molecule has 0 saturated heterocycles. The van der Waals surface area contributed by atoms with E-state index >= 15 is 0 Å². The van der Waals surface area contributed by atoms with Crippen molar-refractivity contribution in [3.8, 4) is 0 Å². The normalized spacial score (nSPS) is 18.8. The van der Waals surface area contributed by atoms with Crippen LogP contribution in [0.2, 0.25) is 0 Å². The van der Waals surface area contributed by atoms with Crippen molar-refractivity contribution >= 4 is 35.0 Å². The Hall–Kier alpha value is -0.740. The molecule has 1 saturated carbocycles. The average Bonchev–Trinajstić information content (AvgIpc) is 2.76. The molecule has 2 nitrogen and oxygen atoms in total. The molecule has 0 unspecified atom stereocenters. The molecule has 4 heteroatoms. The summed E-state index contributed by atoms with van der Waals surface area (Å²) >= 11 is 7.54. The first-order valence-electron chi connectivity index (χ1n) is 6.97. The third-order valence-corrected chi connectivity index (χ3v) is 6.05. The molecule has 1 fully saturated rings. The molecule has 0 radical (unpaired) electrons. The van der Waals surface area contributed by atoms with E-state index in [-0.39, 0.29) is 0 Å². The van der Waals surface area contributed by atoms with Gasteiger partial charge in [0, 0.05) is 11.3 Å². The molecular weight excluding hydrogens is 272 g/mol. The number of benzene rings is 1. The van der Waals surface area contributed by atoms with Gasteiger partial charge in [-0.2, -0.15) is 11.8 Å². The van der Waals surface area contributed by atoms with Crippen LogP contribution in [-0.2, 0) is 6.54 Å². The Morgan fingerprint density at radius 1 is 1.26 bits per heavy atom. The monoisotopic (exact) mass is 292 g/mol. The van der Waals surface area contributed by atoms with Gasteiger partial charge in [-0.05, 0) is 43.4 Å². The lowest BCUT2D eigenvalue weighted by Crippen LogP contribution is -2.33. The fourth-order valence-electron chi connectivity index (χ4n) is 3.17. The largest absolute Gasteiger partial charge is 0.331 e. The van der Waals surface area contributed by atoms with E-state index in [1.165, 1.54) is 37.6 Å². The van der Waals surface area contributed by atoms with Gasteiger partial charge in [-0.15, -0.1) is 0 Å². The second-order valence-corrected chi connectivity index (χ2v) is 7.14. The standard InChI is InChI=1S/C15H20N2S2/c1-19-15(9-5-2-6-10-15)11-17-13-8-4-3-7-12(13)16-14(17)18/h3-4,7-8H,2,5-6,9-11H2,1H3,(H,16,18). The van der Waals surface area contributed by atoms with Crippen molar-refractivity contribution in [1.29, 1.82) is 0 Å². The van der Waals surface area contributed by atoms with Gasteiger partial charge in [0.25, 0.3) is 0 Å². The first-order chi connectivity index (χ1) is 9.24. The Bertz CT molecular complexity index is 620. The van der Waals surface area contributed by atoms with Crippen LogP contribution in [0, 0.1) is 4.77 Å². The van der Waals surface area contributed by atoms with Crippen LogP contribution in [-0.4, -0.2) is 20.6 Å². The summed E-state index contributed by atoms with van der Waals surface area (Å²) in [5.74, 6) is 0. The van der Waals surface area contributed by atoms with Gasteiger partial charge in [0.05, 0.1) is 11.0 Å². The summed E-state index contributed by atoms with van der Waals surface area (Å²) < 4.78 is 3.54. The number of imidazole rings is 1. The topological polar surface area (TPSA) is 20.7 Å². The third kappa shape index (κ3) is 2.48. The quantitative estimate of drug-likeness (QED) is 0.823. The van der Waals surface area contributed by atoms with Gasteiger partial charge in [-0.1, -0.05) is 31.4 Å². The Labute approximate surface area is 123 Å². The predicted molar refractivity (Wildman–Crippen MR) is 86.5 cm³/mol. The number of fused-ring (bicyclic) bond motifs is 1. The lowest BCUT2D eigenvalue weighted by molar-refractivity contribution is 0.360. The number of H-pyrrole nitrogens is 1. The van der Waals surface area contributed by atoms with Crippen LogP contribution in [0.3, 0.4) is 0 Å². The molecule has 0 amide bonds. The van der Waals surface area contributed by atoms with E-state index in [0.29, 0.717) is 4.75 Å². The highest BCUT2D eigenvalue weighted by molar-refractivity contribution is 8.00. The van der Waals surface area contributed by atoms with Crippen LogP contribution in [0.1, 0.15) is 32.1 Å². The molecule has 0 bridgehead atoms. The summed E-state index contributed by atoms with van der Waals surface area (Å²) in [5, 5.41) is 0. The predicted octanol–water partition coefficient (Wildman–Crippen LogP) is 4.76. The molecule has 0 spiro atoms. The van der Waals surface area contributed by atoms with Crippen LogP contribution < -0.4 is 0 Å². The highest BCUT2D eigenvalue weighted by Gasteiger charge is 2.32. The molecule has 19 heavy (non-hydrogen) atoms. The molecule has 1 aliphatic rings. The summed E-state index contributed by atoms with van der Waals surface area (Å²) in [5.41, 5.74) is 2.39. The molecule has 0 aliphatic heterocycles. The van der Waals surface area contributed by atoms with Gasteiger partial charge in [-0.3, -0.25) is 0 Å². The van der Waals surface area contributed by atoms with Crippen LogP contribution in [0.4, 0.5) is 0 Å². The van der Waals surface area contributed by atoms with Crippen LogP contribution in [0.25, 0.3) is 11.0 Å². The number of nitrogens with one attached hydrogen (secondary N) is 1. The fraction of sp³-hybridized carbons (Fsp3) is 0.533. The van der Waals surface area contributed by atoms with Crippen molar-refractivity contribution < 1.29 is 0 Å². The number of hydrogen-bond acceptors (Lipinski definition) is 2. The highest BCUT2D eigenvalue weighted by Crippen LogP contribution is 2.40. The number of hydrogen-bond donors (Lipinski definition) is 1. The second-order valence-electron chi connectivity index (χ2n) is 5.48. The van der Waals surface area contributed by atoms with Crippen LogP contribution in [0.15, 0.2) is 24.3 Å². The minimum absolute atomic E-state index is 0.376. The Balaban J connectivity index is 2.00. The molecule has 1 heterocycles. The second kappa shape index (κ2) is 5.33. The van der Waals surface area contributed by atoms with Crippen molar-refractivity contribution in [3.63, 3.8) is 0 Å². The number of aromatic nitrogens is 2. The third-order valence-electron chi connectivity index (χ3n) is 4.33. The van der Waals surface area contributed by atoms with E-state index in [2.05, 4.69) is 40.1 Å². The van der Waals surface area contributed by atoms with E-state index < -0.39 is 0 Å². The Morgan fingerprint density at radius 3 is 2.74 bits per heavy atom. The van der Waals surface area contributed by atoms with Crippen molar-refractivity contribution in [2.75, 3.05) is 6.26 Å². The summed E-state index contributed by atoms with van der Waals surface area (Å²) in [6.07, 6.45) is 8.99. The van der Waals surface area contributed by atoms with Crippen molar-refractivity contribution in [2.24, 2.45) is 0 Å². The molecule has 1 N–H and O–H groups in total. The van der Waals surface area contributed by atoms with Gasteiger partial charge in [0.1, 0.15) is 0 Å². The first-order valence-corrected chi connectivity index (χ1v) is 8.60. The highest BCUT2D eigenvalue weighted by atomic mass is 32.2. The van der Waals surface area contributed by atoms with E-state index in [0.717, 1.165) is 16.8 Å². The average molecular weight is 292 g/mol. The van der Waals surface area contributed by atoms with Gasteiger partial charge >= 0.3 is 0 Å². The molecule has 1 aromatic heterocycles. The number of aromatic amines is 1. The maximum Gasteiger partial charge on any atom is 0.178 e. The van der Waals surface area contributed by atoms with Crippen molar-refractivity contribution in [1.82, 2.24) is 9.55 Å². The minimum Gasteiger partial charge on any atom is -0.331 e. The minimum atomic E-state index is 0.376. The summed E-state index contributed by atoms with van der Waals surface area (Å²) in [6, 6.07) is 8.42. The number of nitrogens with zero attached hydrogens (tertiary/aromatic N) is 1. The lowest BCUT2D eigenvalue weighted by Gasteiger charge is -2.36. The maximum atomic E-state index is 5.52. The van der Waals surface area contributed by atoms with E-state index in [1.54, 1.807) is 0 Å². The Morgan fingerprint density at radius 2 is 2.00 bits per heavy atom. The zero-order chi connectivity index (χ0) is 13.3. The zero-order valence-electron chi connectivity index (χ0n) is 11.3. The SMILES string of the molecule is CSC1(Cn2c(=S)[nH]c3ccccc32)CCCCC1. The molecule has 0 atom stereocenters. The molecule has 3 rings (SSSR count). The summed E-state index contributed by atoms with van der Waals surface area (Å²) in [4.78, 5) is 3.33. The molecular formula is C15H20N2S2. The van der Waals surface area contributed by atoms with E-state index in [1.807, 2.05) is 11.8 Å². The zero-order valence-corrected chi connectivity index (χ0v) is 12.9. The summed E-state index contributed by atoms with van der Waals surface area (Å²) in [7, 11) is 0. The van der Waals surface area contributed by atoms with Crippen LogP contribution in [0.5, 0.6) is 0 Å². The molecule has 102 valence electrons. The van der Waals surface area contributed by atoms with E-state index in [9.17, 15) is 0 Å². The van der Waals surface area contributed by atoms with Crippen molar-refractivity contribution in [2.45, 2.75) is 43.4 Å². The Kier molecular flexibility index (Phi) is 3.72. The number of rotatable bonds is 3. The molecule has 1 aromatic carbocycles. The number of thioether (sulfide) groups is 1. The van der Waals surface area contributed by atoms with Crippen LogP contribution >= 0.6 is 24.0 Å². The van der Waals surface area contributed by atoms with Gasteiger partial charge in [0.2, 0.25) is 0 Å². The molecule has 2 aromatic rings.